The van der Waals surface area contributed by atoms with Crippen LogP contribution in [0.25, 0.3) is 11.2 Å². The van der Waals surface area contributed by atoms with Crippen LogP contribution in [0.15, 0.2) is 12.7 Å². The van der Waals surface area contributed by atoms with Crippen molar-refractivity contribution in [2.24, 2.45) is 0 Å². The molecule has 0 bridgehead atoms. The lowest BCUT2D eigenvalue weighted by atomic mass is 10.2. The number of imidazole rings is 1. The third-order valence-corrected chi connectivity index (χ3v) is 4.34. The smallest absolute Gasteiger partial charge is 0.382 e. The maximum atomic E-state index is 10.9. The van der Waals surface area contributed by atoms with Crippen molar-refractivity contribution < 1.29 is 33.1 Å². The number of methoxy groups -OCH3 is 1. The minimum absolute atomic E-state index is 0.241. The first-order chi connectivity index (χ1) is 12.4. The second-order valence-electron chi connectivity index (χ2n) is 5.66. The molecule has 4 N–H and O–H groups in total. The molecule has 3 heterocycles. The summed E-state index contributed by atoms with van der Waals surface area (Å²) in [5.74, 6) is 0.241. The summed E-state index contributed by atoms with van der Waals surface area (Å²) < 4.78 is 33.8. The summed E-state index contributed by atoms with van der Waals surface area (Å²) in [6.45, 7) is 0.457. The van der Waals surface area contributed by atoms with Crippen LogP contribution in [0.4, 0.5) is 5.82 Å². The molecule has 3 rings (SSSR count). The van der Waals surface area contributed by atoms with Crippen molar-refractivity contribution in [2.75, 3.05) is 32.7 Å². The van der Waals surface area contributed by atoms with Gasteiger partial charge in [0.05, 0.1) is 32.3 Å². The van der Waals surface area contributed by atoms with Gasteiger partial charge in [-0.25, -0.2) is 19.5 Å². The fraction of sp³-hybridized carbons (Fsp3) is 0.615. The predicted molar refractivity (Wildman–Crippen MR) is 87.9 cm³/mol. The molecule has 0 aromatic carbocycles. The Morgan fingerprint density at radius 2 is 2.19 bits per heavy atom. The number of fused-ring (bicyclic) bond motifs is 1. The van der Waals surface area contributed by atoms with Gasteiger partial charge in [0.15, 0.2) is 17.7 Å². The Balaban J connectivity index is 1.81. The number of ether oxygens (including phenoxy) is 3. The van der Waals surface area contributed by atoms with Crippen molar-refractivity contribution >= 4 is 24.8 Å². The third kappa shape index (κ3) is 4.35. The summed E-state index contributed by atoms with van der Waals surface area (Å²) in [5, 5.41) is 0. The highest BCUT2D eigenvalue weighted by Crippen LogP contribution is 2.39. The monoisotopic (exact) mass is 389 g/mol. The molecule has 3 atom stereocenters. The number of rotatable bonds is 8. The highest BCUT2D eigenvalue weighted by Gasteiger charge is 2.39. The molecule has 1 aliphatic heterocycles. The molecule has 2 aromatic rings. The quantitative estimate of drug-likeness (QED) is 0.406. The zero-order chi connectivity index (χ0) is 18.7. The third-order valence-electron chi connectivity index (χ3n) is 3.85. The second-order valence-corrected chi connectivity index (χ2v) is 6.90. The van der Waals surface area contributed by atoms with Crippen LogP contribution in [0.2, 0.25) is 0 Å². The molecule has 1 saturated heterocycles. The van der Waals surface area contributed by atoms with Gasteiger partial charge in [0.2, 0.25) is 0 Å². The van der Waals surface area contributed by atoms with Crippen LogP contribution in [-0.4, -0.2) is 68.4 Å². The average Bonchev–Trinajstić information content (AvgIpc) is 3.17. The van der Waals surface area contributed by atoms with Gasteiger partial charge in [0.25, 0.3) is 0 Å². The van der Waals surface area contributed by atoms with Gasteiger partial charge in [-0.3, -0.25) is 9.09 Å². The maximum absolute atomic E-state index is 10.9. The van der Waals surface area contributed by atoms with Crippen molar-refractivity contribution in [2.45, 2.75) is 24.9 Å². The summed E-state index contributed by atoms with van der Waals surface area (Å²) in [6, 6.07) is 0. The number of phosphoric acid groups is 1. The zero-order valence-corrected chi connectivity index (χ0v) is 14.9. The van der Waals surface area contributed by atoms with Gasteiger partial charge in [0, 0.05) is 13.5 Å². The lowest BCUT2D eigenvalue weighted by molar-refractivity contribution is -0.0745. The van der Waals surface area contributed by atoms with Gasteiger partial charge < -0.3 is 29.7 Å². The van der Waals surface area contributed by atoms with E-state index in [1.54, 1.807) is 11.7 Å². The summed E-state index contributed by atoms with van der Waals surface area (Å²) >= 11 is 0. The van der Waals surface area contributed by atoms with E-state index in [9.17, 15) is 4.57 Å². The second kappa shape index (κ2) is 7.92. The molecule has 0 aliphatic carbocycles. The van der Waals surface area contributed by atoms with Crippen LogP contribution in [0, 0.1) is 0 Å². The fourth-order valence-electron chi connectivity index (χ4n) is 2.74. The normalized spacial score (nSPS) is 23.7. The molecular weight excluding hydrogens is 369 g/mol. The van der Waals surface area contributed by atoms with E-state index in [4.69, 9.17) is 29.7 Å². The van der Waals surface area contributed by atoms with E-state index in [1.165, 1.54) is 12.7 Å². The number of phosphoric ester groups is 1. The number of anilines is 1. The Kier molecular flexibility index (Phi) is 5.82. The van der Waals surface area contributed by atoms with Crippen LogP contribution >= 0.6 is 7.82 Å². The fourth-order valence-corrected chi connectivity index (χ4v) is 3.10. The van der Waals surface area contributed by atoms with E-state index < -0.39 is 26.3 Å². The number of nitrogens with zero attached hydrogens (tertiary/aromatic N) is 4. The van der Waals surface area contributed by atoms with E-state index in [-0.39, 0.29) is 12.4 Å². The highest BCUT2D eigenvalue weighted by molar-refractivity contribution is 7.46. The van der Waals surface area contributed by atoms with Crippen molar-refractivity contribution in [3.8, 4) is 0 Å². The Labute approximate surface area is 148 Å². The van der Waals surface area contributed by atoms with Gasteiger partial charge in [-0.15, -0.1) is 0 Å². The molecule has 0 saturated carbocycles. The molecule has 2 aromatic heterocycles. The lowest BCUT2D eigenvalue weighted by Gasteiger charge is -2.20. The SMILES string of the molecule is COCCO[C@H]1C[C@@H](COP(=O)(O)O)O[C@H]1n1cnc2c(N)ncnc21. The first kappa shape index (κ1) is 19.1. The molecule has 26 heavy (non-hydrogen) atoms. The van der Waals surface area contributed by atoms with Gasteiger partial charge in [0.1, 0.15) is 17.9 Å². The van der Waals surface area contributed by atoms with Gasteiger partial charge in [-0.05, 0) is 0 Å². The van der Waals surface area contributed by atoms with Gasteiger partial charge in [-0.1, -0.05) is 0 Å². The predicted octanol–water partition coefficient (Wildman–Crippen LogP) is -0.163. The van der Waals surface area contributed by atoms with Crippen molar-refractivity contribution in [3.63, 3.8) is 0 Å². The Bertz CT molecular complexity index is 796. The Morgan fingerprint density at radius 3 is 2.92 bits per heavy atom. The molecule has 1 fully saturated rings. The molecule has 0 unspecified atom stereocenters. The molecule has 1 aliphatic rings. The standard InChI is InChI=1S/C13H20N5O7P/c1-22-2-3-23-9-4-8(5-24-26(19,20)21)25-13(9)18-7-17-10-11(14)15-6-16-12(10)18/h6-9,13H,2-5H2,1H3,(H2,14,15,16)(H2,19,20,21)/t8-,9-,13+/m0/s1. The van der Waals surface area contributed by atoms with E-state index in [0.29, 0.717) is 30.8 Å². The minimum atomic E-state index is -4.59. The first-order valence-electron chi connectivity index (χ1n) is 7.78. The lowest BCUT2D eigenvalue weighted by Crippen LogP contribution is -2.24. The minimum Gasteiger partial charge on any atom is -0.382 e. The average molecular weight is 389 g/mol. The molecule has 0 amide bonds. The largest absolute Gasteiger partial charge is 0.469 e. The molecule has 0 radical (unpaired) electrons. The van der Waals surface area contributed by atoms with Crippen molar-refractivity contribution in [1.82, 2.24) is 19.5 Å². The number of nitrogen functional groups attached to an aromatic ring is 1. The van der Waals surface area contributed by atoms with E-state index in [2.05, 4.69) is 19.5 Å². The summed E-state index contributed by atoms with van der Waals surface area (Å²) in [5.41, 5.74) is 6.71. The number of hydrogen-bond acceptors (Lipinski definition) is 9. The van der Waals surface area contributed by atoms with E-state index in [1.807, 2.05) is 0 Å². The van der Waals surface area contributed by atoms with Gasteiger partial charge >= 0.3 is 7.82 Å². The Morgan fingerprint density at radius 1 is 1.38 bits per heavy atom. The van der Waals surface area contributed by atoms with Crippen molar-refractivity contribution in [1.29, 1.82) is 0 Å². The topological polar surface area (TPSA) is 164 Å². The van der Waals surface area contributed by atoms with Gasteiger partial charge in [-0.2, -0.15) is 0 Å². The zero-order valence-electron chi connectivity index (χ0n) is 14.0. The van der Waals surface area contributed by atoms with Crippen LogP contribution in [0.3, 0.4) is 0 Å². The number of nitrogens with two attached hydrogens (primary N) is 1. The molecule has 12 nitrogen and oxygen atoms in total. The molecular formula is C13H20N5O7P. The number of aromatic nitrogens is 4. The van der Waals surface area contributed by atoms with Crippen molar-refractivity contribution in [3.05, 3.63) is 12.7 Å². The maximum Gasteiger partial charge on any atom is 0.469 e. The molecule has 0 spiro atoms. The van der Waals surface area contributed by atoms with Crippen LogP contribution in [-0.2, 0) is 23.3 Å². The van der Waals surface area contributed by atoms with E-state index >= 15 is 0 Å². The van der Waals surface area contributed by atoms with Crippen LogP contribution in [0.5, 0.6) is 0 Å². The highest BCUT2D eigenvalue weighted by atomic mass is 31.2. The number of hydrogen-bond donors (Lipinski definition) is 3. The summed E-state index contributed by atoms with van der Waals surface area (Å²) in [6.07, 6.45) is 1.60. The Hall–Kier alpha value is -1.66. The molecule has 144 valence electrons. The summed E-state index contributed by atoms with van der Waals surface area (Å²) in [7, 11) is -3.03. The van der Waals surface area contributed by atoms with E-state index in [0.717, 1.165) is 0 Å². The summed E-state index contributed by atoms with van der Waals surface area (Å²) in [4.78, 5) is 30.0. The first-order valence-corrected chi connectivity index (χ1v) is 9.31. The van der Waals surface area contributed by atoms with Crippen LogP contribution in [0.1, 0.15) is 12.6 Å². The molecule has 13 heteroatoms. The van der Waals surface area contributed by atoms with Crippen LogP contribution < -0.4 is 5.73 Å².